The quantitative estimate of drug-likeness (QED) is 0.647. The van der Waals surface area contributed by atoms with Gasteiger partial charge in [-0.1, -0.05) is 6.92 Å². The minimum absolute atomic E-state index is 0.178. The molecule has 0 aromatic heterocycles. The lowest BCUT2D eigenvalue weighted by molar-refractivity contribution is -0.126. The van der Waals surface area contributed by atoms with Crippen molar-refractivity contribution < 1.29 is 9.90 Å². The summed E-state index contributed by atoms with van der Waals surface area (Å²) in [6.07, 6.45) is 1.71. The number of amides is 1. The molecule has 1 unspecified atom stereocenters. The van der Waals surface area contributed by atoms with Crippen LogP contribution in [0.3, 0.4) is 0 Å². The van der Waals surface area contributed by atoms with Crippen molar-refractivity contribution in [3.63, 3.8) is 0 Å². The maximum Gasteiger partial charge on any atom is 0.239 e. The third kappa shape index (κ3) is 5.38. The average molecular weight is 212 g/mol. The summed E-state index contributed by atoms with van der Waals surface area (Å²) in [5, 5.41) is 20.2. The monoisotopic (exact) mass is 212 g/mol. The lowest BCUT2D eigenvalue weighted by Gasteiger charge is -2.15. The summed E-state index contributed by atoms with van der Waals surface area (Å²) < 4.78 is 0. The maximum atomic E-state index is 11.4. The summed E-state index contributed by atoms with van der Waals surface area (Å²) in [5.41, 5.74) is -0.956. The highest BCUT2D eigenvalue weighted by molar-refractivity contribution is 5.84. The predicted octanol–water partition coefficient (Wildman–Crippen LogP) is 1.06. The zero-order valence-corrected chi connectivity index (χ0v) is 9.71. The fourth-order valence-corrected chi connectivity index (χ4v) is 1.02. The molecule has 4 nitrogen and oxygen atoms in total. The predicted molar refractivity (Wildman–Crippen MR) is 57.9 cm³/mol. The van der Waals surface area contributed by atoms with Gasteiger partial charge >= 0.3 is 0 Å². The summed E-state index contributed by atoms with van der Waals surface area (Å²) in [6.45, 7) is 5.89. The first kappa shape index (κ1) is 13.9. The molecule has 0 bridgehead atoms. The van der Waals surface area contributed by atoms with Crippen molar-refractivity contribution >= 4 is 5.91 Å². The van der Waals surface area contributed by atoms with Gasteiger partial charge in [-0.25, -0.2) is 0 Å². The van der Waals surface area contributed by atoms with Gasteiger partial charge in [0, 0.05) is 13.2 Å². The zero-order valence-electron chi connectivity index (χ0n) is 9.71. The molecule has 2 N–H and O–H groups in total. The molecule has 0 rings (SSSR count). The van der Waals surface area contributed by atoms with Crippen LogP contribution in [0, 0.1) is 22.7 Å². The van der Waals surface area contributed by atoms with Crippen molar-refractivity contribution in [1.29, 1.82) is 5.26 Å². The Morgan fingerprint density at radius 1 is 1.60 bits per heavy atom. The van der Waals surface area contributed by atoms with E-state index < -0.39 is 5.41 Å². The number of nitrogens with zero attached hydrogens (tertiary/aromatic N) is 1. The molecule has 0 aromatic rings. The molecule has 0 aliphatic heterocycles. The molecule has 0 heterocycles. The number of rotatable bonds is 6. The molecule has 0 aliphatic rings. The molecular weight excluding hydrogens is 192 g/mol. The van der Waals surface area contributed by atoms with Gasteiger partial charge in [0.05, 0.1) is 6.07 Å². The normalized spacial score (nSPS) is 13.0. The molecule has 0 saturated carbocycles. The second-order valence-electron chi connectivity index (χ2n) is 4.42. The number of nitrogens with one attached hydrogen (secondary N) is 1. The van der Waals surface area contributed by atoms with E-state index >= 15 is 0 Å². The number of aliphatic hydroxyl groups is 1. The Bertz CT molecular complexity index is 243. The molecule has 0 spiro atoms. The van der Waals surface area contributed by atoms with Gasteiger partial charge in [0.25, 0.3) is 0 Å². The first-order chi connectivity index (χ1) is 6.94. The topological polar surface area (TPSA) is 73.1 Å². The lowest BCUT2D eigenvalue weighted by atomic mass is 9.94. The van der Waals surface area contributed by atoms with Gasteiger partial charge in [-0.05, 0) is 32.6 Å². The van der Waals surface area contributed by atoms with E-state index in [0.29, 0.717) is 6.54 Å². The van der Waals surface area contributed by atoms with Crippen LogP contribution in [-0.2, 0) is 4.79 Å². The van der Waals surface area contributed by atoms with Crippen molar-refractivity contribution in [2.24, 2.45) is 11.3 Å². The van der Waals surface area contributed by atoms with Crippen molar-refractivity contribution in [2.75, 3.05) is 13.2 Å². The molecule has 0 fully saturated rings. The van der Waals surface area contributed by atoms with E-state index in [9.17, 15) is 4.79 Å². The van der Waals surface area contributed by atoms with Crippen LogP contribution >= 0.6 is 0 Å². The highest BCUT2D eigenvalue weighted by Gasteiger charge is 2.26. The Balaban J connectivity index is 3.71. The van der Waals surface area contributed by atoms with Crippen LogP contribution in [0.25, 0.3) is 0 Å². The van der Waals surface area contributed by atoms with E-state index in [1.807, 2.05) is 13.0 Å². The number of carbonyl (C=O) groups excluding carboxylic acids is 1. The highest BCUT2D eigenvalue weighted by atomic mass is 16.3. The SMILES string of the molecule is CC(CO)CCCNC(=O)C(C)(C)C#N. The second-order valence-corrected chi connectivity index (χ2v) is 4.42. The van der Waals surface area contributed by atoms with E-state index in [1.165, 1.54) is 0 Å². The molecule has 0 radical (unpaired) electrons. The van der Waals surface area contributed by atoms with E-state index in [2.05, 4.69) is 5.32 Å². The van der Waals surface area contributed by atoms with E-state index in [1.54, 1.807) is 13.8 Å². The fraction of sp³-hybridized carbons (Fsp3) is 0.818. The largest absolute Gasteiger partial charge is 0.396 e. The third-order valence-corrected chi connectivity index (χ3v) is 2.32. The van der Waals surface area contributed by atoms with E-state index in [0.717, 1.165) is 12.8 Å². The molecule has 0 aromatic carbocycles. The first-order valence-electron chi connectivity index (χ1n) is 5.24. The summed E-state index contributed by atoms with van der Waals surface area (Å²) in [4.78, 5) is 11.4. The fourth-order valence-electron chi connectivity index (χ4n) is 1.02. The second kappa shape index (κ2) is 6.41. The number of carbonyl (C=O) groups is 1. The smallest absolute Gasteiger partial charge is 0.239 e. The van der Waals surface area contributed by atoms with Crippen LogP contribution in [-0.4, -0.2) is 24.2 Å². The highest BCUT2D eigenvalue weighted by Crippen LogP contribution is 2.12. The minimum Gasteiger partial charge on any atom is -0.396 e. The van der Waals surface area contributed by atoms with Crippen LogP contribution in [0.15, 0.2) is 0 Å². The van der Waals surface area contributed by atoms with E-state index in [4.69, 9.17) is 10.4 Å². The molecule has 15 heavy (non-hydrogen) atoms. The lowest BCUT2D eigenvalue weighted by Crippen LogP contribution is -2.36. The average Bonchev–Trinajstić information content (AvgIpc) is 2.23. The van der Waals surface area contributed by atoms with Crippen molar-refractivity contribution in [1.82, 2.24) is 5.32 Å². The summed E-state index contributed by atoms with van der Waals surface area (Å²) in [7, 11) is 0. The molecule has 1 atom stereocenters. The van der Waals surface area contributed by atoms with Crippen molar-refractivity contribution in [3.8, 4) is 6.07 Å². The standard InChI is InChI=1S/C11H20N2O2/c1-9(7-14)5-4-6-13-10(15)11(2,3)8-12/h9,14H,4-7H2,1-3H3,(H,13,15). The van der Waals surface area contributed by atoms with Gasteiger partial charge in [-0.3, -0.25) is 4.79 Å². The van der Waals surface area contributed by atoms with Crippen molar-refractivity contribution in [3.05, 3.63) is 0 Å². The van der Waals surface area contributed by atoms with Gasteiger partial charge in [0.15, 0.2) is 0 Å². The van der Waals surface area contributed by atoms with E-state index in [-0.39, 0.29) is 18.4 Å². The van der Waals surface area contributed by atoms with Crippen LogP contribution in [0.4, 0.5) is 0 Å². The van der Waals surface area contributed by atoms with Crippen LogP contribution in [0.1, 0.15) is 33.6 Å². The molecule has 0 aliphatic carbocycles. The number of aliphatic hydroxyl groups excluding tert-OH is 1. The number of hydrogen-bond donors (Lipinski definition) is 2. The number of hydrogen-bond acceptors (Lipinski definition) is 3. The third-order valence-electron chi connectivity index (χ3n) is 2.32. The Labute approximate surface area is 91.3 Å². The maximum absolute atomic E-state index is 11.4. The Kier molecular flexibility index (Phi) is 5.95. The van der Waals surface area contributed by atoms with Gasteiger partial charge in [0.1, 0.15) is 5.41 Å². The van der Waals surface area contributed by atoms with Crippen LogP contribution in [0.2, 0.25) is 0 Å². The molecule has 86 valence electrons. The Morgan fingerprint density at radius 2 is 2.20 bits per heavy atom. The van der Waals surface area contributed by atoms with Gasteiger partial charge < -0.3 is 10.4 Å². The van der Waals surface area contributed by atoms with Crippen LogP contribution in [0.5, 0.6) is 0 Å². The molecular formula is C11H20N2O2. The van der Waals surface area contributed by atoms with Crippen molar-refractivity contribution in [2.45, 2.75) is 33.6 Å². The molecule has 4 heteroatoms. The van der Waals surface area contributed by atoms with Gasteiger partial charge in [-0.2, -0.15) is 5.26 Å². The Hall–Kier alpha value is -1.08. The Morgan fingerprint density at radius 3 is 2.67 bits per heavy atom. The molecule has 0 saturated heterocycles. The van der Waals surface area contributed by atoms with Gasteiger partial charge in [0.2, 0.25) is 5.91 Å². The van der Waals surface area contributed by atoms with Crippen LogP contribution < -0.4 is 5.32 Å². The minimum atomic E-state index is -0.956. The molecule has 1 amide bonds. The summed E-state index contributed by atoms with van der Waals surface area (Å²) in [5.74, 6) is 0.0348. The number of nitriles is 1. The van der Waals surface area contributed by atoms with Gasteiger partial charge in [-0.15, -0.1) is 0 Å². The summed E-state index contributed by atoms with van der Waals surface area (Å²) in [6, 6.07) is 1.95. The summed E-state index contributed by atoms with van der Waals surface area (Å²) >= 11 is 0. The zero-order chi connectivity index (χ0) is 11.9. The first-order valence-corrected chi connectivity index (χ1v) is 5.24.